The molecule has 1 N–H and O–H groups in total. The van der Waals surface area contributed by atoms with E-state index < -0.39 is 0 Å². The summed E-state index contributed by atoms with van der Waals surface area (Å²) in [5.74, 6) is 1.13. The summed E-state index contributed by atoms with van der Waals surface area (Å²) >= 11 is 3.57. The molecule has 6 heteroatoms. The number of oxazole rings is 1. The van der Waals surface area contributed by atoms with Crippen LogP contribution in [0.15, 0.2) is 69.6 Å². The minimum atomic E-state index is -0.175. The number of anilines is 1. The fraction of sp³-hybridized carbons (Fsp3) is 0.231. The van der Waals surface area contributed by atoms with Crippen molar-refractivity contribution in [3.05, 3.63) is 76.3 Å². The number of benzene rings is 3. The van der Waals surface area contributed by atoms with Crippen molar-refractivity contribution in [2.45, 2.75) is 39.7 Å². The molecule has 1 aromatic heterocycles. The molecule has 4 rings (SSSR count). The number of rotatable bonds is 7. The fourth-order valence-corrected chi connectivity index (χ4v) is 3.85. The third-order valence-electron chi connectivity index (χ3n) is 5.33. The molecule has 3 aromatic carbocycles. The maximum absolute atomic E-state index is 12.6. The Labute approximate surface area is 195 Å². The number of fused-ring (bicyclic) bond motifs is 1. The number of hydrogen-bond donors (Lipinski definition) is 1. The highest BCUT2D eigenvalue weighted by molar-refractivity contribution is 9.10. The van der Waals surface area contributed by atoms with Crippen molar-refractivity contribution < 1.29 is 13.9 Å². The number of carbonyl (C=O) groups excluding carboxylic acids is 1. The van der Waals surface area contributed by atoms with E-state index in [-0.39, 0.29) is 12.0 Å². The van der Waals surface area contributed by atoms with Crippen LogP contribution in [0.5, 0.6) is 5.75 Å². The lowest BCUT2D eigenvalue weighted by Crippen LogP contribution is -2.12. The van der Waals surface area contributed by atoms with Crippen LogP contribution in [-0.4, -0.2) is 17.0 Å². The summed E-state index contributed by atoms with van der Waals surface area (Å²) in [5.41, 5.74) is 4.86. The van der Waals surface area contributed by atoms with Gasteiger partial charge >= 0.3 is 0 Å². The third-order valence-corrected chi connectivity index (χ3v) is 5.92. The first-order valence-corrected chi connectivity index (χ1v) is 11.5. The fourth-order valence-electron chi connectivity index (χ4n) is 3.27. The highest BCUT2D eigenvalue weighted by atomic mass is 79.9. The van der Waals surface area contributed by atoms with Crippen LogP contribution >= 0.6 is 15.9 Å². The zero-order chi connectivity index (χ0) is 22.7. The average Bonchev–Trinajstić information content (AvgIpc) is 3.24. The molecule has 4 aromatic rings. The molecular formula is C26H25BrN2O3. The van der Waals surface area contributed by atoms with Crippen molar-refractivity contribution in [2.24, 2.45) is 0 Å². The summed E-state index contributed by atoms with van der Waals surface area (Å²) in [6, 6.07) is 18.7. The van der Waals surface area contributed by atoms with Gasteiger partial charge in [0.1, 0.15) is 11.3 Å². The molecule has 0 aliphatic carbocycles. The van der Waals surface area contributed by atoms with Gasteiger partial charge < -0.3 is 14.5 Å². The van der Waals surface area contributed by atoms with E-state index in [1.807, 2.05) is 49.4 Å². The van der Waals surface area contributed by atoms with Gasteiger partial charge in [-0.3, -0.25) is 4.79 Å². The van der Waals surface area contributed by atoms with Crippen LogP contribution < -0.4 is 10.1 Å². The van der Waals surface area contributed by atoms with Gasteiger partial charge in [0.2, 0.25) is 5.89 Å². The molecule has 0 bridgehead atoms. The van der Waals surface area contributed by atoms with Crippen LogP contribution in [0.3, 0.4) is 0 Å². The van der Waals surface area contributed by atoms with E-state index in [1.165, 1.54) is 5.56 Å². The molecule has 1 amide bonds. The smallest absolute Gasteiger partial charge is 0.255 e. The topological polar surface area (TPSA) is 64.4 Å². The zero-order valence-corrected chi connectivity index (χ0v) is 19.9. The number of hydrogen-bond acceptors (Lipinski definition) is 4. The highest BCUT2D eigenvalue weighted by Gasteiger charge is 2.13. The Morgan fingerprint density at radius 3 is 2.47 bits per heavy atom. The second-order valence-electron chi connectivity index (χ2n) is 7.69. The van der Waals surface area contributed by atoms with Gasteiger partial charge in [0.05, 0.1) is 10.6 Å². The minimum absolute atomic E-state index is 0.143. The van der Waals surface area contributed by atoms with Gasteiger partial charge in [-0.1, -0.05) is 13.8 Å². The lowest BCUT2D eigenvalue weighted by molar-refractivity contribution is 0.102. The van der Waals surface area contributed by atoms with Crippen molar-refractivity contribution in [3.63, 3.8) is 0 Å². The van der Waals surface area contributed by atoms with Crippen LogP contribution in [0.1, 0.15) is 43.1 Å². The number of nitrogens with zero attached hydrogens (tertiary/aromatic N) is 1. The summed E-state index contributed by atoms with van der Waals surface area (Å²) in [6.07, 6.45) is 2.00. The second-order valence-corrected chi connectivity index (χ2v) is 8.55. The Bertz CT molecular complexity index is 1230. The van der Waals surface area contributed by atoms with E-state index in [4.69, 9.17) is 9.15 Å². The molecule has 32 heavy (non-hydrogen) atoms. The maximum Gasteiger partial charge on any atom is 0.255 e. The third kappa shape index (κ3) is 4.86. The van der Waals surface area contributed by atoms with E-state index in [1.54, 1.807) is 12.1 Å². The monoisotopic (exact) mass is 492 g/mol. The molecule has 0 spiro atoms. The Balaban J connectivity index is 1.46. The summed E-state index contributed by atoms with van der Waals surface area (Å²) in [4.78, 5) is 17.2. The van der Waals surface area contributed by atoms with Crippen molar-refractivity contribution in [1.29, 1.82) is 0 Å². The van der Waals surface area contributed by atoms with Crippen molar-refractivity contribution in [1.82, 2.24) is 4.98 Å². The molecule has 1 heterocycles. The van der Waals surface area contributed by atoms with Gasteiger partial charge in [-0.05, 0) is 102 Å². The Morgan fingerprint density at radius 1 is 1.09 bits per heavy atom. The van der Waals surface area contributed by atoms with Gasteiger partial charge in [-0.25, -0.2) is 4.98 Å². The van der Waals surface area contributed by atoms with Crippen molar-refractivity contribution in [2.75, 3.05) is 5.32 Å². The van der Waals surface area contributed by atoms with Gasteiger partial charge in [-0.2, -0.15) is 0 Å². The first-order valence-electron chi connectivity index (χ1n) is 10.7. The SMILES string of the molecule is CCc1cc(Br)c2oc(-c3ccc(NC(=O)c4ccc(O[C@@H](C)CC)cc4)cc3)nc2c1. The Kier molecular flexibility index (Phi) is 6.61. The molecular weight excluding hydrogens is 468 g/mol. The first kappa shape index (κ1) is 22.1. The lowest BCUT2D eigenvalue weighted by Gasteiger charge is -2.12. The highest BCUT2D eigenvalue weighted by Crippen LogP contribution is 2.31. The standard InChI is InChI=1S/C26H25BrN2O3/c1-4-16(3)31-21-12-8-18(9-13-21)25(30)28-20-10-6-19(7-11-20)26-29-23-15-17(5-2)14-22(27)24(23)32-26/h6-16H,4-5H2,1-3H3,(H,28,30)/t16-/m0/s1. The Morgan fingerprint density at radius 2 is 1.81 bits per heavy atom. The van der Waals surface area contributed by atoms with E-state index >= 15 is 0 Å². The molecule has 0 aliphatic heterocycles. The van der Waals surface area contributed by atoms with Crippen LogP contribution in [0.2, 0.25) is 0 Å². The molecule has 0 saturated carbocycles. The first-order chi connectivity index (χ1) is 15.5. The van der Waals surface area contributed by atoms with Gasteiger partial charge in [0.15, 0.2) is 5.58 Å². The van der Waals surface area contributed by atoms with E-state index in [9.17, 15) is 4.79 Å². The van der Waals surface area contributed by atoms with E-state index in [0.717, 1.165) is 39.7 Å². The molecule has 0 unspecified atom stereocenters. The number of nitrogens with one attached hydrogen (secondary N) is 1. The molecule has 1 atom stereocenters. The van der Waals surface area contributed by atoms with Crippen LogP contribution in [0, 0.1) is 0 Å². The Hall–Kier alpha value is -3.12. The van der Waals surface area contributed by atoms with E-state index in [2.05, 4.69) is 46.1 Å². The number of aryl methyl sites for hydroxylation is 1. The largest absolute Gasteiger partial charge is 0.491 e. The lowest BCUT2D eigenvalue weighted by atomic mass is 10.1. The molecule has 0 fully saturated rings. The molecule has 0 saturated heterocycles. The maximum atomic E-state index is 12.6. The summed E-state index contributed by atoms with van der Waals surface area (Å²) in [6.45, 7) is 6.20. The van der Waals surface area contributed by atoms with Gasteiger partial charge in [0, 0.05) is 16.8 Å². The summed E-state index contributed by atoms with van der Waals surface area (Å²) in [7, 11) is 0. The summed E-state index contributed by atoms with van der Waals surface area (Å²) < 4.78 is 12.6. The molecule has 5 nitrogen and oxygen atoms in total. The number of ether oxygens (including phenoxy) is 1. The van der Waals surface area contributed by atoms with Crippen molar-refractivity contribution in [3.8, 4) is 17.2 Å². The average molecular weight is 493 g/mol. The van der Waals surface area contributed by atoms with Crippen LogP contribution in [0.4, 0.5) is 5.69 Å². The zero-order valence-electron chi connectivity index (χ0n) is 18.3. The van der Waals surface area contributed by atoms with Crippen LogP contribution in [-0.2, 0) is 6.42 Å². The minimum Gasteiger partial charge on any atom is -0.491 e. The predicted octanol–water partition coefficient (Wildman–Crippen LogP) is 7.25. The van der Waals surface area contributed by atoms with Crippen LogP contribution in [0.25, 0.3) is 22.6 Å². The summed E-state index contributed by atoms with van der Waals surface area (Å²) in [5, 5.41) is 2.92. The number of carbonyl (C=O) groups is 1. The van der Waals surface area contributed by atoms with Gasteiger partial charge in [0.25, 0.3) is 5.91 Å². The second kappa shape index (κ2) is 9.57. The quantitative estimate of drug-likeness (QED) is 0.295. The molecule has 0 radical (unpaired) electrons. The predicted molar refractivity (Wildman–Crippen MR) is 131 cm³/mol. The normalized spacial score (nSPS) is 12.0. The number of amides is 1. The number of aromatic nitrogens is 1. The van der Waals surface area contributed by atoms with Gasteiger partial charge in [-0.15, -0.1) is 0 Å². The van der Waals surface area contributed by atoms with E-state index in [0.29, 0.717) is 17.1 Å². The molecule has 164 valence electrons. The van der Waals surface area contributed by atoms with Crippen molar-refractivity contribution >= 4 is 38.6 Å². The molecule has 0 aliphatic rings. The number of halogens is 1.